The Balaban J connectivity index is 2.22. The molecule has 1 heterocycles. The minimum absolute atomic E-state index is 0.144. The van der Waals surface area contributed by atoms with Crippen LogP contribution in [0.5, 0.6) is 5.75 Å². The molecule has 1 aliphatic heterocycles. The third-order valence-electron chi connectivity index (χ3n) is 4.22. The quantitative estimate of drug-likeness (QED) is 0.741. The molecule has 2 rings (SSSR count). The Kier molecular flexibility index (Phi) is 6.14. The van der Waals surface area contributed by atoms with E-state index >= 15 is 0 Å². The number of carboxylic acid groups (broad SMARTS) is 1. The lowest BCUT2D eigenvalue weighted by Gasteiger charge is -2.27. The second-order valence-corrected chi connectivity index (χ2v) is 9.77. The van der Waals surface area contributed by atoms with Crippen molar-refractivity contribution in [2.75, 3.05) is 6.54 Å². The molecule has 0 spiro atoms. The Bertz CT molecular complexity index is 720. The van der Waals surface area contributed by atoms with Gasteiger partial charge in [-0.1, -0.05) is 36.7 Å². The van der Waals surface area contributed by atoms with Crippen LogP contribution in [0.25, 0.3) is 0 Å². The molecule has 7 heteroatoms. The van der Waals surface area contributed by atoms with Crippen LogP contribution in [0.1, 0.15) is 53.5 Å². The number of carbonyl (C=O) groups excluding carboxylic acids is 1. The molecule has 150 valence electrons. The molecule has 0 aromatic heterocycles. The average Bonchev–Trinajstić information content (AvgIpc) is 2.90. The Morgan fingerprint density at radius 1 is 1.19 bits per heavy atom. The van der Waals surface area contributed by atoms with E-state index < -0.39 is 29.8 Å². The first-order valence-corrected chi connectivity index (χ1v) is 9.76. The van der Waals surface area contributed by atoms with E-state index in [1.807, 2.05) is 18.2 Å². The number of hydrogen-bond donors (Lipinski definition) is 1. The standard InChI is InChI=1S/C20H28BrNO5/c1-19(2,3)14-9-12(21)7-8-16(14)26-13-10-15(17(23)24)22(11-13)18(25)27-20(4,5)6/h7-9,13,15H,10-11H2,1-6H3,(H,23,24)/t13-,15+/m1/s1. The molecule has 6 nitrogen and oxygen atoms in total. The van der Waals surface area contributed by atoms with Crippen molar-refractivity contribution in [3.05, 3.63) is 28.2 Å². The summed E-state index contributed by atoms with van der Waals surface area (Å²) in [4.78, 5) is 25.3. The zero-order valence-electron chi connectivity index (χ0n) is 16.7. The summed E-state index contributed by atoms with van der Waals surface area (Å²) in [6, 6.07) is 4.81. The van der Waals surface area contributed by atoms with Crippen LogP contribution in [0.4, 0.5) is 4.79 Å². The third kappa shape index (κ3) is 5.61. The third-order valence-corrected chi connectivity index (χ3v) is 4.71. The topological polar surface area (TPSA) is 76.1 Å². The molecule has 0 saturated carbocycles. The predicted octanol–water partition coefficient (Wildman–Crippen LogP) is 4.59. The van der Waals surface area contributed by atoms with Crippen molar-refractivity contribution in [1.82, 2.24) is 4.90 Å². The Hall–Kier alpha value is -1.76. The fraction of sp³-hybridized carbons (Fsp3) is 0.600. The number of rotatable bonds is 3. The van der Waals surface area contributed by atoms with Gasteiger partial charge in [0.25, 0.3) is 0 Å². The molecule has 1 saturated heterocycles. The number of amides is 1. The van der Waals surface area contributed by atoms with E-state index in [4.69, 9.17) is 9.47 Å². The molecular formula is C20H28BrNO5. The molecule has 1 aliphatic rings. The summed E-state index contributed by atoms with van der Waals surface area (Å²) in [5.41, 5.74) is 0.179. The number of benzene rings is 1. The summed E-state index contributed by atoms with van der Waals surface area (Å²) in [5.74, 6) is -0.357. The van der Waals surface area contributed by atoms with Gasteiger partial charge in [-0.25, -0.2) is 9.59 Å². The number of likely N-dealkylation sites (tertiary alicyclic amines) is 1. The predicted molar refractivity (Wildman–Crippen MR) is 106 cm³/mol. The molecule has 2 atom stereocenters. The number of carboxylic acids is 1. The van der Waals surface area contributed by atoms with E-state index in [-0.39, 0.29) is 18.4 Å². The van der Waals surface area contributed by atoms with Crippen molar-refractivity contribution in [1.29, 1.82) is 0 Å². The second-order valence-electron chi connectivity index (χ2n) is 8.85. The maximum atomic E-state index is 12.4. The fourth-order valence-corrected chi connectivity index (χ4v) is 3.37. The summed E-state index contributed by atoms with van der Waals surface area (Å²) in [6.45, 7) is 11.7. The molecule has 1 N–H and O–H groups in total. The normalized spacial score (nSPS) is 20.5. The minimum Gasteiger partial charge on any atom is -0.488 e. The van der Waals surface area contributed by atoms with E-state index in [9.17, 15) is 14.7 Å². The van der Waals surface area contributed by atoms with Crippen LogP contribution in [0, 0.1) is 0 Å². The van der Waals surface area contributed by atoms with Crippen molar-refractivity contribution in [3.8, 4) is 5.75 Å². The van der Waals surface area contributed by atoms with Crippen LogP contribution in [-0.2, 0) is 14.9 Å². The van der Waals surface area contributed by atoms with Crippen molar-refractivity contribution >= 4 is 28.0 Å². The first kappa shape index (κ1) is 21.5. The number of carbonyl (C=O) groups is 2. The van der Waals surface area contributed by atoms with Gasteiger partial charge in [-0.15, -0.1) is 0 Å². The molecule has 0 radical (unpaired) electrons. The lowest BCUT2D eigenvalue weighted by atomic mass is 9.86. The molecule has 1 aromatic rings. The lowest BCUT2D eigenvalue weighted by Crippen LogP contribution is -2.43. The Morgan fingerprint density at radius 3 is 2.33 bits per heavy atom. The highest BCUT2D eigenvalue weighted by atomic mass is 79.9. The molecule has 27 heavy (non-hydrogen) atoms. The van der Waals surface area contributed by atoms with E-state index in [2.05, 4.69) is 36.7 Å². The van der Waals surface area contributed by atoms with Crippen molar-refractivity contribution in [2.24, 2.45) is 0 Å². The van der Waals surface area contributed by atoms with Crippen LogP contribution in [0.3, 0.4) is 0 Å². The smallest absolute Gasteiger partial charge is 0.411 e. The molecule has 0 unspecified atom stereocenters. The van der Waals surface area contributed by atoms with Gasteiger partial charge in [0.2, 0.25) is 0 Å². The van der Waals surface area contributed by atoms with Crippen LogP contribution >= 0.6 is 15.9 Å². The molecule has 1 aromatic carbocycles. The molecule has 0 aliphatic carbocycles. The van der Waals surface area contributed by atoms with Gasteiger partial charge in [-0.3, -0.25) is 4.90 Å². The lowest BCUT2D eigenvalue weighted by molar-refractivity contribution is -0.142. The maximum Gasteiger partial charge on any atom is 0.411 e. The van der Waals surface area contributed by atoms with Gasteiger partial charge in [0.15, 0.2) is 0 Å². The Morgan fingerprint density at radius 2 is 1.81 bits per heavy atom. The summed E-state index contributed by atoms with van der Waals surface area (Å²) >= 11 is 3.48. The monoisotopic (exact) mass is 441 g/mol. The van der Waals surface area contributed by atoms with Gasteiger partial charge in [-0.05, 0) is 44.4 Å². The Labute approximate surface area is 169 Å². The van der Waals surface area contributed by atoms with E-state index in [1.165, 1.54) is 4.90 Å². The molecule has 1 fully saturated rings. The number of aliphatic carboxylic acids is 1. The van der Waals surface area contributed by atoms with Crippen LogP contribution in [0.15, 0.2) is 22.7 Å². The van der Waals surface area contributed by atoms with Gasteiger partial charge in [0.1, 0.15) is 23.5 Å². The van der Waals surface area contributed by atoms with E-state index in [0.29, 0.717) is 5.75 Å². The van der Waals surface area contributed by atoms with Gasteiger partial charge < -0.3 is 14.6 Å². The fourth-order valence-electron chi connectivity index (χ4n) is 3.01. The number of halogens is 1. The molecule has 1 amide bonds. The number of hydrogen-bond acceptors (Lipinski definition) is 4. The van der Waals surface area contributed by atoms with Crippen LogP contribution in [0.2, 0.25) is 0 Å². The summed E-state index contributed by atoms with van der Waals surface area (Å²) in [7, 11) is 0. The largest absolute Gasteiger partial charge is 0.488 e. The highest BCUT2D eigenvalue weighted by Crippen LogP contribution is 2.35. The van der Waals surface area contributed by atoms with Crippen LogP contribution in [-0.4, -0.2) is 46.4 Å². The van der Waals surface area contributed by atoms with Crippen molar-refractivity contribution in [3.63, 3.8) is 0 Å². The van der Waals surface area contributed by atoms with Crippen molar-refractivity contribution in [2.45, 2.75) is 71.1 Å². The highest BCUT2D eigenvalue weighted by Gasteiger charge is 2.43. The van der Waals surface area contributed by atoms with Gasteiger partial charge >= 0.3 is 12.1 Å². The van der Waals surface area contributed by atoms with E-state index in [1.54, 1.807) is 20.8 Å². The SMILES string of the molecule is CC(C)(C)OC(=O)N1C[C@H](Oc2ccc(Br)cc2C(C)(C)C)C[C@H]1C(=O)O. The maximum absolute atomic E-state index is 12.4. The summed E-state index contributed by atoms with van der Waals surface area (Å²) in [6.07, 6.45) is -0.831. The second kappa shape index (κ2) is 7.70. The number of ether oxygens (including phenoxy) is 2. The average molecular weight is 442 g/mol. The number of nitrogens with zero attached hydrogens (tertiary/aromatic N) is 1. The van der Waals surface area contributed by atoms with Crippen molar-refractivity contribution < 1.29 is 24.2 Å². The van der Waals surface area contributed by atoms with Gasteiger partial charge in [-0.2, -0.15) is 0 Å². The van der Waals surface area contributed by atoms with Gasteiger partial charge in [0.05, 0.1) is 6.54 Å². The molecular weight excluding hydrogens is 414 g/mol. The first-order valence-electron chi connectivity index (χ1n) is 8.97. The molecule has 0 bridgehead atoms. The first-order chi connectivity index (χ1) is 12.3. The summed E-state index contributed by atoms with van der Waals surface area (Å²) < 4.78 is 12.5. The minimum atomic E-state index is -1.06. The zero-order valence-corrected chi connectivity index (χ0v) is 18.3. The van der Waals surface area contributed by atoms with Crippen LogP contribution < -0.4 is 4.74 Å². The highest BCUT2D eigenvalue weighted by molar-refractivity contribution is 9.10. The summed E-state index contributed by atoms with van der Waals surface area (Å²) in [5, 5.41) is 9.52. The van der Waals surface area contributed by atoms with E-state index in [0.717, 1.165) is 10.0 Å². The zero-order chi connectivity index (χ0) is 20.6. The van der Waals surface area contributed by atoms with Gasteiger partial charge in [0, 0.05) is 16.5 Å².